The molecule has 5 nitrogen and oxygen atoms in total. The van der Waals surface area contributed by atoms with Crippen molar-refractivity contribution in [3.8, 4) is 11.8 Å². The topological polar surface area (TPSA) is 72.1 Å². The maximum atomic E-state index is 12.5. The average Bonchev–Trinajstić information content (AvgIpc) is 2.98. The molecule has 1 heterocycles. The number of fused-ring (bicyclic) bond motifs is 1. The van der Waals surface area contributed by atoms with Crippen LogP contribution in [0.4, 0.5) is 0 Å². The van der Waals surface area contributed by atoms with Gasteiger partial charge in [0.2, 0.25) is 0 Å². The van der Waals surface area contributed by atoms with E-state index in [-0.39, 0.29) is 17.6 Å². The van der Waals surface area contributed by atoms with Gasteiger partial charge in [0.15, 0.2) is 5.78 Å². The minimum absolute atomic E-state index is 0.0957. The molecule has 1 aromatic heterocycles. The predicted octanol–water partition coefficient (Wildman–Crippen LogP) is 4.34. The number of ether oxygens (including phenoxy) is 1. The minimum Gasteiger partial charge on any atom is -0.466 e. The number of Topliss-reactive ketones (excluding diaryl/α,β-unsaturated/α-hetero) is 1. The zero-order valence-corrected chi connectivity index (χ0v) is 16.4. The first-order chi connectivity index (χ1) is 13.5. The Hall–Kier alpha value is -3.10. The highest BCUT2D eigenvalue weighted by Crippen LogP contribution is 2.31. The van der Waals surface area contributed by atoms with E-state index in [1.165, 1.54) is 6.92 Å². The SMILES string of the molecule is CC(=O)OCCc1ccc2c(C(=O)CCl)c(C)n(-c3ccc(C#N)cc3)c2c1. The van der Waals surface area contributed by atoms with Crippen LogP contribution < -0.4 is 0 Å². The quantitative estimate of drug-likeness (QED) is 0.354. The van der Waals surface area contributed by atoms with Gasteiger partial charge in [-0.15, -0.1) is 11.6 Å². The summed E-state index contributed by atoms with van der Waals surface area (Å²) < 4.78 is 7.03. The van der Waals surface area contributed by atoms with Crippen molar-refractivity contribution < 1.29 is 14.3 Å². The van der Waals surface area contributed by atoms with Gasteiger partial charge in [0.05, 0.1) is 29.6 Å². The van der Waals surface area contributed by atoms with Crippen LogP contribution in [0.15, 0.2) is 42.5 Å². The van der Waals surface area contributed by atoms with E-state index in [1.54, 1.807) is 12.1 Å². The zero-order chi connectivity index (χ0) is 20.3. The first kappa shape index (κ1) is 19.7. The van der Waals surface area contributed by atoms with Gasteiger partial charge >= 0.3 is 5.97 Å². The number of hydrogen-bond donors (Lipinski definition) is 0. The number of ketones is 1. The summed E-state index contributed by atoms with van der Waals surface area (Å²) in [7, 11) is 0. The lowest BCUT2D eigenvalue weighted by Crippen LogP contribution is -2.04. The number of esters is 1. The van der Waals surface area contributed by atoms with Gasteiger partial charge < -0.3 is 9.30 Å². The second-order valence-electron chi connectivity index (χ2n) is 6.45. The van der Waals surface area contributed by atoms with Gasteiger partial charge in [-0.1, -0.05) is 12.1 Å². The molecule has 0 amide bonds. The Morgan fingerprint density at radius 1 is 1.18 bits per heavy atom. The lowest BCUT2D eigenvalue weighted by Gasteiger charge is -2.10. The number of hydrogen-bond acceptors (Lipinski definition) is 4. The first-order valence-electron chi connectivity index (χ1n) is 8.83. The van der Waals surface area contributed by atoms with E-state index < -0.39 is 0 Å². The molecule has 0 atom stereocenters. The summed E-state index contributed by atoms with van der Waals surface area (Å²) in [6.07, 6.45) is 0.575. The molecule has 142 valence electrons. The Morgan fingerprint density at radius 3 is 2.50 bits per heavy atom. The third-order valence-electron chi connectivity index (χ3n) is 4.62. The molecule has 0 saturated heterocycles. The largest absolute Gasteiger partial charge is 0.466 e. The summed E-state index contributed by atoms with van der Waals surface area (Å²) >= 11 is 5.84. The van der Waals surface area contributed by atoms with Crippen molar-refractivity contribution in [1.82, 2.24) is 4.57 Å². The Labute approximate surface area is 168 Å². The van der Waals surface area contributed by atoms with Crippen LogP contribution in [0.1, 0.15) is 34.1 Å². The smallest absolute Gasteiger partial charge is 0.302 e. The molecule has 28 heavy (non-hydrogen) atoms. The van der Waals surface area contributed by atoms with Crippen molar-refractivity contribution >= 4 is 34.3 Å². The van der Waals surface area contributed by atoms with Crippen LogP contribution in [0.2, 0.25) is 0 Å². The predicted molar refractivity (Wildman–Crippen MR) is 108 cm³/mol. The van der Waals surface area contributed by atoms with Crippen molar-refractivity contribution in [2.75, 3.05) is 12.5 Å². The summed E-state index contributed by atoms with van der Waals surface area (Å²) in [6.45, 7) is 3.56. The molecular weight excluding hydrogens is 376 g/mol. The van der Waals surface area contributed by atoms with Gasteiger partial charge in [0.1, 0.15) is 0 Å². The molecule has 0 radical (unpaired) electrons. The van der Waals surface area contributed by atoms with Gasteiger partial charge in [-0.2, -0.15) is 5.26 Å². The lowest BCUT2D eigenvalue weighted by molar-refractivity contribution is -0.140. The van der Waals surface area contributed by atoms with Crippen LogP contribution in [-0.4, -0.2) is 28.8 Å². The highest BCUT2D eigenvalue weighted by molar-refractivity contribution is 6.32. The molecule has 3 rings (SSSR count). The van der Waals surface area contributed by atoms with Crippen molar-refractivity contribution in [3.05, 3.63) is 64.8 Å². The van der Waals surface area contributed by atoms with Crippen molar-refractivity contribution in [1.29, 1.82) is 5.26 Å². The minimum atomic E-state index is -0.312. The number of nitrogens with zero attached hydrogens (tertiary/aromatic N) is 2. The van der Waals surface area contributed by atoms with Gasteiger partial charge in [0, 0.05) is 35.7 Å². The second kappa shape index (κ2) is 8.28. The third-order valence-corrected chi connectivity index (χ3v) is 4.86. The zero-order valence-electron chi connectivity index (χ0n) is 15.7. The molecule has 0 bridgehead atoms. The highest BCUT2D eigenvalue weighted by Gasteiger charge is 2.20. The molecule has 2 aromatic carbocycles. The Kier molecular flexibility index (Phi) is 5.81. The van der Waals surface area contributed by atoms with Crippen molar-refractivity contribution in [3.63, 3.8) is 0 Å². The molecule has 0 fully saturated rings. The summed E-state index contributed by atoms with van der Waals surface area (Å²) in [5, 5.41) is 9.86. The maximum absolute atomic E-state index is 12.5. The van der Waals surface area contributed by atoms with E-state index in [2.05, 4.69) is 6.07 Å². The molecule has 3 aromatic rings. The number of nitriles is 1. The summed E-state index contributed by atoms with van der Waals surface area (Å²) in [5.41, 5.74) is 4.68. The van der Waals surface area contributed by atoms with Gasteiger partial charge in [-0.3, -0.25) is 9.59 Å². The number of alkyl halides is 1. The van der Waals surface area contributed by atoms with Crippen LogP contribution in [0.3, 0.4) is 0 Å². The molecule has 0 saturated carbocycles. The van der Waals surface area contributed by atoms with Crippen molar-refractivity contribution in [2.45, 2.75) is 20.3 Å². The standard InChI is InChI=1S/C22H19ClN2O3/c1-14-22(21(27)12-23)19-8-5-16(9-10-28-15(2)26)11-20(19)25(14)18-6-3-17(13-24)4-7-18/h3-8,11H,9-10,12H2,1-2H3. The molecule has 0 unspecified atom stereocenters. The Morgan fingerprint density at radius 2 is 1.89 bits per heavy atom. The number of rotatable bonds is 6. The lowest BCUT2D eigenvalue weighted by atomic mass is 10.0. The molecule has 0 aliphatic heterocycles. The van der Waals surface area contributed by atoms with Gasteiger partial charge in [-0.25, -0.2) is 0 Å². The number of carbonyl (C=O) groups is 2. The molecule has 0 aliphatic carbocycles. The van der Waals surface area contributed by atoms with Crippen molar-refractivity contribution in [2.24, 2.45) is 0 Å². The number of carbonyl (C=O) groups excluding carboxylic acids is 2. The van der Waals surface area contributed by atoms with Crippen LogP contribution in [-0.2, 0) is 16.0 Å². The molecule has 0 N–H and O–H groups in total. The van der Waals surface area contributed by atoms with Crippen LogP contribution in [0.25, 0.3) is 16.6 Å². The number of benzene rings is 2. The second-order valence-corrected chi connectivity index (χ2v) is 6.72. The van der Waals surface area contributed by atoms with E-state index in [0.717, 1.165) is 27.8 Å². The van der Waals surface area contributed by atoms with Gasteiger partial charge in [0.25, 0.3) is 0 Å². The van der Waals surface area contributed by atoms with E-state index in [9.17, 15) is 9.59 Å². The van der Waals surface area contributed by atoms with E-state index in [1.807, 2.05) is 41.8 Å². The fourth-order valence-corrected chi connectivity index (χ4v) is 3.50. The highest BCUT2D eigenvalue weighted by atomic mass is 35.5. The fraction of sp³-hybridized carbons (Fsp3) is 0.227. The summed E-state index contributed by atoms with van der Waals surface area (Å²) in [6, 6.07) is 15.1. The average molecular weight is 395 g/mol. The normalized spacial score (nSPS) is 10.6. The van der Waals surface area contributed by atoms with E-state index in [0.29, 0.717) is 24.2 Å². The molecule has 0 aliphatic rings. The molecule has 6 heteroatoms. The van der Waals surface area contributed by atoms with Gasteiger partial charge in [-0.05, 0) is 42.8 Å². The monoisotopic (exact) mass is 394 g/mol. The van der Waals surface area contributed by atoms with E-state index in [4.69, 9.17) is 21.6 Å². The third kappa shape index (κ3) is 3.78. The number of halogens is 1. The summed E-state index contributed by atoms with van der Waals surface area (Å²) in [5.74, 6) is -0.543. The van der Waals surface area contributed by atoms with E-state index >= 15 is 0 Å². The Bertz CT molecular complexity index is 1090. The Balaban J connectivity index is 2.15. The number of aromatic nitrogens is 1. The molecular formula is C22H19ClN2O3. The van der Waals surface area contributed by atoms with Crippen LogP contribution >= 0.6 is 11.6 Å². The maximum Gasteiger partial charge on any atom is 0.302 e. The fourth-order valence-electron chi connectivity index (χ4n) is 3.37. The molecule has 0 spiro atoms. The van der Waals surface area contributed by atoms with Crippen LogP contribution in [0, 0.1) is 18.3 Å². The van der Waals surface area contributed by atoms with Crippen LogP contribution in [0.5, 0.6) is 0 Å². The summed E-state index contributed by atoms with van der Waals surface area (Å²) in [4.78, 5) is 23.5. The first-order valence-corrected chi connectivity index (χ1v) is 9.36.